The van der Waals surface area contributed by atoms with E-state index in [1.807, 2.05) is 55.5 Å². The first-order valence-electron chi connectivity index (χ1n) is 6.46. The van der Waals surface area contributed by atoms with E-state index >= 15 is 0 Å². The zero-order valence-electron chi connectivity index (χ0n) is 11.1. The summed E-state index contributed by atoms with van der Waals surface area (Å²) in [6, 6.07) is 11.4. The number of carbonyl (C=O) groups excluding carboxylic acids is 1. The highest BCUT2D eigenvalue weighted by atomic mass is 32.2. The highest BCUT2D eigenvalue weighted by molar-refractivity contribution is 7.98. The van der Waals surface area contributed by atoms with Gasteiger partial charge in [-0.2, -0.15) is 0 Å². The lowest BCUT2D eigenvalue weighted by molar-refractivity contribution is 0.103. The number of aromatic hydroxyl groups is 1. The van der Waals surface area contributed by atoms with Crippen molar-refractivity contribution in [2.24, 2.45) is 0 Å². The van der Waals surface area contributed by atoms with Gasteiger partial charge in [0.15, 0.2) is 5.78 Å². The molecule has 0 amide bonds. The second kappa shape index (κ2) is 5.17. The molecule has 0 atom stereocenters. The maximum atomic E-state index is 12.7. The fraction of sp³-hybridized carbons (Fsp3) is 0.118. The van der Waals surface area contributed by atoms with Crippen LogP contribution in [0.4, 0.5) is 0 Å². The van der Waals surface area contributed by atoms with E-state index in [1.165, 1.54) is 0 Å². The fourth-order valence-electron chi connectivity index (χ4n) is 2.41. The second-order valence-corrected chi connectivity index (χ2v) is 5.67. The third kappa shape index (κ3) is 2.04. The number of fused-ring (bicyclic) bond motifs is 2. The van der Waals surface area contributed by atoms with E-state index in [0.717, 1.165) is 10.5 Å². The molecule has 2 aromatic rings. The summed E-state index contributed by atoms with van der Waals surface area (Å²) in [5.74, 6) is 0.689. The minimum atomic E-state index is -0.0931. The van der Waals surface area contributed by atoms with Crippen LogP contribution in [0.25, 0.3) is 6.08 Å². The third-order valence-electron chi connectivity index (χ3n) is 3.38. The molecule has 0 spiro atoms. The van der Waals surface area contributed by atoms with Crippen molar-refractivity contribution in [3.05, 3.63) is 64.7 Å². The number of ketones is 1. The van der Waals surface area contributed by atoms with Crippen molar-refractivity contribution in [3.63, 3.8) is 0 Å². The van der Waals surface area contributed by atoms with E-state index in [9.17, 15) is 9.90 Å². The van der Waals surface area contributed by atoms with Crippen molar-refractivity contribution in [2.75, 3.05) is 0 Å². The number of rotatable bonds is 1. The lowest BCUT2D eigenvalue weighted by atomic mass is 9.95. The maximum Gasteiger partial charge on any atom is 0.198 e. The zero-order valence-corrected chi connectivity index (χ0v) is 11.9. The van der Waals surface area contributed by atoms with Crippen molar-refractivity contribution in [3.8, 4) is 5.75 Å². The van der Waals surface area contributed by atoms with Gasteiger partial charge in [-0.15, -0.1) is 11.8 Å². The summed E-state index contributed by atoms with van der Waals surface area (Å²) >= 11 is 1.63. The lowest BCUT2D eigenvalue weighted by Crippen LogP contribution is -2.05. The Morgan fingerprint density at radius 1 is 1.20 bits per heavy atom. The molecule has 0 aliphatic carbocycles. The van der Waals surface area contributed by atoms with Gasteiger partial charge in [-0.1, -0.05) is 36.4 Å². The lowest BCUT2D eigenvalue weighted by Gasteiger charge is -2.09. The molecule has 0 radical (unpaired) electrons. The Balaban J connectivity index is 2.23. The molecule has 3 rings (SSSR count). The maximum absolute atomic E-state index is 12.7. The Kier molecular flexibility index (Phi) is 3.36. The predicted molar refractivity (Wildman–Crippen MR) is 82.3 cm³/mol. The number of benzene rings is 2. The molecule has 0 unspecified atom stereocenters. The smallest absolute Gasteiger partial charge is 0.198 e. The van der Waals surface area contributed by atoms with Gasteiger partial charge in [0, 0.05) is 21.8 Å². The molecule has 1 aliphatic heterocycles. The van der Waals surface area contributed by atoms with Gasteiger partial charge in [0.05, 0.1) is 5.56 Å². The van der Waals surface area contributed by atoms with Gasteiger partial charge >= 0.3 is 0 Å². The standard InChI is InChI=1S/C17H14O2S/c1-2-5-11-8-9-12-10-20-14-7-4-3-6-13(14)17(19)15(12)16(11)18/h2-9,18H,10H2,1H3/b5-2+. The Morgan fingerprint density at radius 2 is 2.00 bits per heavy atom. The third-order valence-corrected chi connectivity index (χ3v) is 4.51. The van der Waals surface area contributed by atoms with Crippen LogP contribution in [-0.2, 0) is 5.75 Å². The largest absolute Gasteiger partial charge is 0.507 e. The highest BCUT2D eigenvalue weighted by Crippen LogP contribution is 2.38. The summed E-state index contributed by atoms with van der Waals surface area (Å²) in [5, 5.41) is 10.4. The van der Waals surface area contributed by atoms with Crippen LogP contribution in [-0.4, -0.2) is 10.9 Å². The van der Waals surface area contributed by atoms with Gasteiger partial charge in [-0.25, -0.2) is 0 Å². The Hall–Kier alpha value is -2.00. The minimum absolute atomic E-state index is 0.0860. The minimum Gasteiger partial charge on any atom is -0.507 e. The van der Waals surface area contributed by atoms with Crippen molar-refractivity contribution < 1.29 is 9.90 Å². The quantitative estimate of drug-likeness (QED) is 0.849. The summed E-state index contributed by atoms with van der Waals surface area (Å²) in [6.45, 7) is 1.89. The van der Waals surface area contributed by atoms with Gasteiger partial charge in [0.2, 0.25) is 0 Å². The van der Waals surface area contributed by atoms with Gasteiger partial charge < -0.3 is 5.11 Å². The number of hydrogen-bond donors (Lipinski definition) is 1. The number of phenols is 1. The van der Waals surface area contributed by atoms with Crippen LogP contribution in [0.5, 0.6) is 5.75 Å². The van der Waals surface area contributed by atoms with E-state index in [2.05, 4.69) is 0 Å². The second-order valence-electron chi connectivity index (χ2n) is 4.65. The molecule has 1 heterocycles. The number of hydrogen-bond acceptors (Lipinski definition) is 3. The molecule has 2 aromatic carbocycles. The molecule has 1 aliphatic rings. The molecule has 100 valence electrons. The summed E-state index contributed by atoms with van der Waals surface area (Å²) in [6.07, 6.45) is 3.66. The zero-order chi connectivity index (χ0) is 14.1. The summed E-state index contributed by atoms with van der Waals surface area (Å²) in [7, 11) is 0. The van der Waals surface area contributed by atoms with E-state index < -0.39 is 0 Å². The average Bonchev–Trinajstić information content (AvgIpc) is 2.61. The number of carbonyl (C=O) groups is 1. The van der Waals surface area contributed by atoms with Crippen molar-refractivity contribution in [1.82, 2.24) is 0 Å². The van der Waals surface area contributed by atoms with Crippen LogP contribution in [0, 0.1) is 0 Å². The van der Waals surface area contributed by atoms with Gasteiger partial charge in [0.1, 0.15) is 5.75 Å². The molecule has 0 bridgehead atoms. The van der Waals surface area contributed by atoms with Gasteiger partial charge in [-0.05, 0) is 24.6 Å². The van der Waals surface area contributed by atoms with E-state index in [-0.39, 0.29) is 11.5 Å². The van der Waals surface area contributed by atoms with Crippen LogP contribution in [0.15, 0.2) is 47.4 Å². The van der Waals surface area contributed by atoms with Crippen molar-refractivity contribution in [1.29, 1.82) is 0 Å². The topological polar surface area (TPSA) is 37.3 Å². The number of thioether (sulfide) groups is 1. The van der Waals surface area contributed by atoms with Crippen molar-refractivity contribution in [2.45, 2.75) is 17.6 Å². The summed E-state index contributed by atoms with van der Waals surface area (Å²) in [4.78, 5) is 13.7. The first-order chi connectivity index (χ1) is 9.72. The SMILES string of the molecule is C/C=C/c1ccc2c(c1O)C(=O)c1ccccc1SC2. The van der Waals surface area contributed by atoms with Gasteiger partial charge in [-0.3, -0.25) is 4.79 Å². The average molecular weight is 282 g/mol. The Labute approximate surface area is 122 Å². The van der Waals surface area contributed by atoms with Crippen LogP contribution in [0.2, 0.25) is 0 Å². The highest BCUT2D eigenvalue weighted by Gasteiger charge is 2.25. The molecule has 0 fully saturated rings. The van der Waals surface area contributed by atoms with E-state index in [1.54, 1.807) is 11.8 Å². The molecular formula is C17H14O2S. The first kappa shape index (κ1) is 13.0. The van der Waals surface area contributed by atoms with Crippen LogP contribution >= 0.6 is 11.8 Å². The Morgan fingerprint density at radius 3 is 2.80 bits per heavy atom. The predicted octanol–water partition coefficient (Wildman–Crippen LogP) is 4.26. The monoisotopic (exact) mass is 282 g/mol. The molecule has 20 heavy (non-hydrogen) atoms. The molecule has 2 nitrogen and oxygen atoms in total. The van der Waals surface area contributed by atoms with E-state index in [4.69, 9.17) is 0 Å². The molecule has 0 saturated heterocycles. The number of phenolic OH excluding ortho intramolecular Hbond substituents is 1. The first-order valence-corrected chi connectivity index (χ1v) is 7.45. The molecule has 0 aromatic heterocycles. The summed E-state index contributed by atoms with van der Waals surface area (Å²) in [5.41, 5.74) is 2.69. The van der Waals surface area contributed by atoms with Crippen LogP contribution in [0.1, 0.15) is 34.0 Å². The fourth-order valence-corrected chi connectivity index (χ4v) is 3.45. The van der Waals surface area contributed by atoms with Crippen LogP contribution in [0.3, 0.4) is 0 Å². The van der Waals surface area contributed by atoms with E-state index in [0.29, 0.717) is 22.4 Å². The molecule has 3 heteroatoms. The summed E-state index contributed by atoms with van der Waals surface area (Å²) < 4.78 is 0. The molecule has 0 saturated carbocycles. The Bertz CT molecular complexity index is 717. The normalized spacial score (nSPS) is 13.9. The molecule has 1 N–H and O–H groups in total. The van der Waals surface area contributed by atoms with Crippen LogP contribution < -0.4 is 0 Å². The molecular weight excluding hydrogens is 268 g/mol. The van der Waals surface area contributed by atoms with Gasteiger partial charge in [0.25, 0.3) is 0 Å². The van der Waals surface area contributed by atoms with Crippen molar-refractivity contribution >= 4 is 23.6 Å². The number of allylic oxidation sites excluding steroid dienone is 1.